The van der Waals surface area contributed by atoms with Crippen molar-refractivity contribution in [3.63, 3.8) is 0 Å². The summed E-state index contributed by atoms with van der Waals surface area (Å²) in [5, 5.41) is 9.50. The Kier molecular flexibility index (Phi) is 9.90. The topological polar surface area (TPSA) is 110 Å². The first-order chi connectivity index (χ1) is 21.6. The van der Waals surface area contributed by atoms with Crippen LogP contribution < -0.4 is 10.2 Å². The third kappa shape index (κ3) is 7.77. The van der Waals surface area contributed by atoms with Crippen molar-refractivity contribution in [1.82, 2.24) is 15.1 Å². The van der Waals surface area contributed by atoms with E-state index >= 15 is 0 Å². The van der Waals surface area contributed by atoms with Crippen LogP contribution in [-0.4, -0.2) is 88.7 Å². The van der Waals surface area contributed by atoms with Crippen LogP contribution in [0.3, 0.4) is 0 Å². The van der Waals surface area contributed by atoms with E-state index in [2.05, 4.69) is 21.2 Å². The summed E-state index contributed by atoms with van der Waals surface area (Å²) in [6, 6.07) is 5.64. The molecule has 46 heavy (non-hydrogen) atoms. The highest BCUT2D eigenvalue weighted by molar-refractivity contribution is 6.06. The molecule has 4 fully saturated rings. The number of fused-ring (bicyclic) bond motifs is 1. The van der Waals surface area contributed by atoms with E-state index in [-0.39, 0.29) is 43.3 Å². The maximum absolute atomic E-state index is 13.4. The summed E-state index contributed by atoms with van der Waals surface area (Å²) in [5.41, 5.74) is 2.60. The van der Waals surface area contributed by atoms with E-state index in [0.717, 1.165) is 55.8 Å². The van der Waals surface area contributed by atoms with Crippen molar-refractivity contribution in [2.24, 2.45) is 11.8 Å². The molecule has 2 atom stereocenters. The van der Waals surface area contributed by atoms with Crippen LogP contribution in [0.2, 0.25) is 0 Å². The van der Waals surface area contributed by atoms with E-state index < -0.39 is 36.2 Å². The van der Waals surface area contributed by atoms with Gasteiger partial charge in [0.1, 0.15) is 6.04 Å². The Balaban J connectivity index is 0.000000537. The Morgan fingerprint density at radius 3 is 2.20 bits per heavy atom. The summed E-state index contributed by atoms with van der Waals surface area (Å²) in [5.74, 6) is -4.10. The number of anilines is 1. The molecule has 3 heterocycles. The van der Waals surface area contributed by atoms with Gasteiger partial charge in [-0.15, -0.1) is 0 Å². The maximum atomic E-state index is 13.4. The van der Waals surface area contributed by atoms with Crippen LogP contribution >= 0.6 is 0 Å². The number of aliphatic carboxylic acids is 1. The van der Waals surface area contributed by atoms with Gasteiger partial charge in [0, 0.05) is 55.0 Å². The number of nitrogens with zero attached hydrogens (tertiary/aromatic N) is 3. The number of carboxylic acids is 1. The lowest BCUT2D eigenvalue weighted by Crippen LogP contribution is -2.52. The molecule has 1 aromatic rings. The molecule has 3 amide bonds. The van der Waals surface area contributed by atoms with E-state index in [1.807, 2.05) is 12.1 Å². The summed E-state index contributed by atoms with van der Waals surface area (Å²) >= 11 is 0. The third-order valence-electron chi connectivity index (χ3n) is 9.89. The van der Waals surface area contributed by atoms with Gasteiger partial charge in [-0.1, -0.05) is 18.9 Å². The first-order valence-electron chi connectivity index (χ1n) is 15.8. The number of carbonyl (C=O) groups excluding carboxylic acids is 3. The van der Waals surface area contributed by atoms with Crippen molar-refractivity contribution in [3.05, 3.63) is 29.3 Å². The smallest absolute Gasteiger partial charge is 0.475 e. The Morgan fingerprint density at radius 1 is 0.957 bits per heavy atom. The zero-order chi connectivity index (χ0) is 33.4. The number of hydrogen-bond acceptors (Lipinski definition) is 6. The average Bonchev–Trinajstić information content (AvgIpc) is 3.55. The molecule has 5 aliphatic rings. The van der Waals surface area contributed by atoms with E-state index in [0.29, 0.717) is 25.1 Å². The van der Waals surface area contributed by atoms with E-state index in [1.54, 1.807) is 4.90 Å². The summed E-state index contributed by atoms with van der Waals surface area (Å²) < 4.78 is 71.4. The van der Waals surface area contributed by atoms with Gasteiger partial charge >= 0.3 is 18.3 Å². The number of carbonyl (C=O) groups is 4. The summed E-state index contributed by atoms with van der Waals surface area (Å²) in [4.78, 5) is 52.6. The molecular formula is C31H38F6N4O5. The molecule has 2 aliphatic carbocycles. The number of imide groups is 1. The van der Waals surface area contributed by atoms with Crippen LogP contribution in [0.5, 0.6) is 0 Å². The molecule has 254 valence electrons. The molecule has 0 radical (unpaired) electrons. The standard InChI is InChI=1S/C29H37F3N4O3.C2HF3O2/c30-29(31,32)19-13-14-34(16-19)20-6-8-21(9-7-20)35(15-12-18-4-5-18)24-3-1-2-22-23(24)17-36(28(22)39)25-10-11-26(37)33-27(25)38;3-2(4,5)1(6)7/h1-3,18-21,25H,4-17H2,(H,33,37,38);(H,6,7)/t19-,20?,21?,25?;/m0./s1. The number of halogens is 6. The number of nitrogens with one attached hydrogen (secondary N) is 1. The lowest BCUT2D eigenvalue weighted by molar-refractivity contribution is -0.192. The SMILES string of the molecule is O=C(O)C(F)(F)F.O=C1CCC(N2Cc3c(cccc3N(CCC3CC3)C3CCC(N4CC[C@H](C(F)(F)F)C4)CC3)C2=O)C(=O)N1. The summed E-state index contributed by atoms with van der Waals surface area (Å²) in [7, 11) is 0. The highest BCUT2D eigenvalue weighted by Gasteiger charge is 2.46. The van der Waals surface area contributed by atoms with Crippen molar-refractivity contribution in [2.45, 2.75) is 101 Å². The molecule has 2 saturated carbocycles. The average molecular weight is 661 g/mol. The fourth-order valence-corrected chi connectivity index (χ4v) is 7.19. The lowest BCUT2D eigenvalue weighted by atomic mass is 9.88. The number of benzene rings is 1. The minimum Gasteiger partial charge on any atom is -0.475 e. The number of amides is 3. The van der Waals surface area contributed by atoms with Gasteiger partial charge in [0.2, 0.25) is 11.8 Å². The minimum atomic E-state index is -5.08. The van der Waals surface area contributed by atoms with Gasteiger partial charge in [-0.3, -0.25) is 24.6 Å². The predicted molar refractivity (Wildman–Crippen MR) is 153 cm³/mol. The second kappa shape index (κ2) is 13.4. The molecule has 3 aliphatic heterocycles. The van der Waals surface area contributed by atoms with Crippen molar-refractivity contribution < 1.29 is 50.6 Å². The van der Waals surface area contributed by atoms with Crippen molar-refractivity contribution in [1.29, 1.82) is 0 Å². The molecule has 0 bridgehead atoms. The molecule has 15 heteroatoms. The van der Waals surface area contributed by atoms with Crippen LogP contribution in [0.1, 0.15) is 80.1 Å². The highest BCUT2D eigenvalue weighted by atomic mass is 19.4. The van der Waals surface area contributed by atoms with Crippen LogP contribution in [-0.2, 0) is 20.9 Å². The summed E-state index contributed by atoms with van der Waals surface area (Å²) in [6.45, 7) is 1.88. The highest BCUT2D eigenvalue weighted by Crippen LogP contribution is 2.41. The fraction of sp³-hybridized carbons (Fsp3) is 0.677. The van der Waals surface area contributed by atoms with Crippen LogP contribution in [0.4, 0.5) is 32.0 Å². The Hall–Kier alpha value is -3.36. The lowest BCUT2D eigenvalue weighted by Gasteiger charge is -2.41. The third-order valence-corrected chi connectivity index (χ3v) is 9.89. The van der Waals surface area contributed by atoms with Gasteiger partial charge in [0.05, 0.1) is 5.92 Å². The molecule has 0 aromatic heterocycles. The molecule has 9 nitrogen and oxygen atoms in total. The Labute approximate surface area is 262 Å². The maximum Gasteiger partial charge on any atom is 0.490 e. The van der Waals surface area contributed by atoms with Gasteiger partial charge in [0.15, 0.2) is 0 Å². The van der Waals surface area contributed by atoms with Crippen molar-refractivity contribution in [3.8, 4) is 0 Å². The van der Waals surface area contributed by atoms with Gasteiger partial charge in [-0.25, -0.2) is 4.79 Å². The van der Waals surface area contributed by atoms with Gasteiger partial charge in [0.25, 0.3) is 5.91 Å². The second-order valence-corrected chi connectivity index (χ2v) is 12.9. The largest absolute Gasteiger partial charge is 0.490 e. The molecule has 1 aromatic carbocycles. The molecular weight excluding hydrogens is 622 g/mol. The number of likely N-dealkylation sites (tertiary alicyclic amines) is 1. The Morgan fingerprint density at radius 2 is 1.63 bits per heavy atom. The number of hydrogen-bond donors (Lipinski definition) is 2. The quantitative estimate of drug-likeness (QED) is 0.317. The number of piperidine rings is 1. The van der Waals surface area contributed by atoms with E-state index in [4.69, 9.17) is 9.90 Å². The fourth-order valence-electron chi connectivity index (χ4n) is 7.19. The zero-order valence-corrected chi connectivity index (χ0v) is 25.2. The number of carboxylic acid groups (broad SMARTS) is 1. The number of alkyl halides is 6. The first kappa shape index (κ1) is 34.0. The molecule has 1 unspecified atom stereocenters. The van der Waals surface area contributed by atoms with Gasteiger partial charge in [-0.2, -0.15) is 26.3 Å². The first-order valence-corrected chi connectivity index (χ1v) is 15.8. The normalized spacial score (nSPS) is 27.2. The van der Waals surface area contributed by atoms with Crippen molar-refractivity contribution >= 4 is 29.4 Å². The van der Waals surface area contributed by atoms with E-state index in [9.17, 15) is 40.7 Å². The Bertz CT molecular complexity index is 1330. The predicted octanol–water partition coefficient (Wildman–Crippen LogP) is 4.88. The van der Waals surface area contributed by atoms with Crippen LogP contribution in [0, 0.1) is 11.8 Å². The van der Waals surface area contributed by atoms with Crippen LogP contribution in [0.25, 0.3) is 0 Å². The minimum absolute atomic E-state index is 0.120. The zero-order valence-electron chi connectivity index (χ0n) is 25.2. The van der Waals surface area contributed by atoms with Crippen molar-refractivity contribution in [2.75, 3.05) is 24.5 Å². The molecule has 0 spiro atoms. The number of rotatable bonds is 7. The monoisotopic (exact) mass is 660 g/mol. The van der Waals surface area contributed by atoms with Crippen LogP contribution in [0.15, 0.2) is 18.2 Å². The van der Waals surface area contributed by atoms with E-state index in [1.165, 1.54) is 12.8 Å². The molecule has 2 N–H and O–H groups in total. The van der Waals surface area contributed by atoms with Gasteiger partial charge in [-0.05, 0) is 69.5 Å². The molecule has 6 rings (SSSR count). The van der Waals surface area contributed by atoms with Gasteiger partial charge < -0.3 is 14.9 Å². The summed E-state index contributed by atoms with van der Waals surface area (Å²) in [6.07, 6.45) is -1.25. The second-order valence-electron chi connectivity index (χ2n) is 12.9. The molecule has 2 saturated heterocycles.